The number of methoxy groups -OCH3 is 1. The molecule has 2 N–H and O–H groups in total. The van der Waals surface area contributed by atoms with E-state index in [-0.39, 0.29) is 5.91 Å². The standard InChI is InChI=1S/C17H18N2O2S2/c1-21-14-7-5-13(6-8-14)16(20)19-17(22)18-11-12-3-9-15(23-2)10-4-12/h3-10H,11H2,1-2H3,(H2,18,19,20,22). The number of thiocarbonyl (C=S) groups is 1. The first kappa shape index (κ1) is 17.3. The van der Waals surface area contributed by atoms with Crippen molar-refractivity contribution in [1.82, 2.24) is 10.6 Å². The normalized spacial score (nSPS) is 10.0. The average molecular weight is 346 g/mol. The minimum absolute atomic E-state index is 0.247. The maximum absolute atomic E-state index is 12.1. The molecule has 2 aromatic carbocycles. The fraction of sp³-hybridized carbons (Fsp3) is 0.176. The summed E-state index contributed by atoms with van der Waals surface area (Å²) in [6.45, 7) is 0.566. The highest BCUT2D eigenvalue weighted by Crippen LogP contribution is 2.14. The fourth-order valence-corrected chi connectivity index (χ4v) is 2.46. The van der Waals surface area contributed by atoms with Gasteiger partial charge in [-0.3, -0.25) is 10.1 Å². The number of hydrogen-bond acceptors (Lipinski definition) is 4. The number of rotatable bonds is 5. The summed E-state index contributed by atoms with van der Waals surface area (Å²) < 4.78 is 5.06. The van der Waals surface area contributed by atoms with Crippen LogP contribution in [0.25, 0.3) is 0 Å². The molecule has 2 rings (SSSR count). The van der Waals surface area contributed by atoms with E-state index in [1.54, 1.807) is 43.1 Å². The number of amides is 1. The van der Waals surface area contributed by atoms with Crippen LogP contribution in [0.4, 0.5) is 0 Å². The molecule has 0 aromatic heterocycles. The van der Waals surface area contributed by atoms with Crippen LogP contribution < -0.4 is 15.4 Å². The van der Waals surface area contributed by atoms with Crippen molar-refractivity contribution in [3.05, 3.63) is 59.7 Å². The Balaban J connectivity index is 1.84. The zero-order valence-corrected chi connectivity index (χ0v) is 14.6. The predicted molar refractivity (Wildman–Crippen MR) is 98.1 cm³/mol. The van der Waals surface area contributed by atoms with Crippen molar-refractivity contribution in [2.24, 2.45) is 0 Å². The van der Waals surface area contributed by atoms with E-state index in [0.29, 0.717) is 23.0 Å². The Morgan fingerprint density at radius 3 is 2.35 bits per heavy atom. The van der Waals surface area contributed by atoms with Gasteiger partial charge in [0.05, 0.1) is 7.11 Å². The Bertz CT molecular complexity index is 670. The molecule has 0 saturated heterocycles. The van der Waals surface area contributed by atoms with Gasteiger partial charge in [-0.1, -0.05) is 12.1 Å². The van der Waals surface area contributed by atoms with Crippen molar-refractivity contribution in [3.8, 4) is 5.75 Å². The monoisotopic (exact) mass is 346 g/mol. The SMILES string of the molecule is COc1ccc(C(=O)NC(=S)NCc2ccc(SC)cc2)cc1. The van der Waals surface area contributed by atoms with Gasteiger partial charge in [0.25, 0.3) is 5.91 Å². The highest BCUT2D eigenvalue weighted by atomic mass is 32.2. The third-order valence-electron chi connectivity index (χ3n) is 3.19. The molecule has 0 radical (unpaired) electrons. The topological polar surface area (TPSA) is 50.4 Å². The lowest BCUT2D eigenvalue weighted by molar-refractivity contribution is 0.0976. The van der Waals surface area contributed by atoms with Gasteiger partial charge in [0.15, 0.2) is 5.11 Å². The maximum Gasteiger partial charge on any atom is 0.257 e. The zero-order chi connectivity index (χ0) is 16.7. The second kappa shape index (κ2) is 8.55. The Morgan fingerprint density at radius 2 is 1.78 bits per heavy atom. The van der Waals surface area contributed by atoms with Gasteiger partial charge in [-0.05, 0) is 60.4 Å². The molecular formula is C17H18N2O2S2. The van der Waals surface area contributed by atoms with Crippen LogP contribution in [0, 0.1) is 0 Å². The van der Waals surface area contributed by atoms with Crippen molar-refractivity contribution in [2.45, 2.75) is 11.4 Å². The number of carbonyl (C=O) groups is 1. The molecule has 0 aliphatic rings. The third kappa shape index (κ3) is 5.26. The van der Waals surface area contributed by atoms with Crippen LogP contribution in [0.5, 0.6) is 5.75 Å². The van der Waals surface area contributed by atoms with Gasteiger partial charge in [-0.2, -0.15) is 0 Å². The van der Waals surface area contributed by atoms with Crippen molar-refractivity contribution in [3.63, 3.8) is 0 Å². The van der Waals surface area contributed by atoms with Crippen LogP contribution in [-0.2, 0) is 6.54 Å². The van der Waals surface area contributed by atoms with Crippen molar-refractivity contribution >= 4 is 35.0 Å². The second-order valence-electron chi connectivity index (χ2n) is 4.71. The zero-order valence-electron chi connectivity index (χ0n) is 13.0. The molecule has 2 aromatic rings. The minimum atomic E-state index is -0.247. The molecule has 0 fully saturated rings. The van der Waals surface area contributed by atoms with Gasteiger partial charge in [0, 0.05) is 17.0 Å². The van der Waals surface area contributed by atoms with Crippen molar-refractivity contribution in [1.29, 1.82) is 0 Å². The molecule has 6 heteroatoms. The summed E-state index contributed by atoms with van der Waals surface area (Å²) in [6.07, 6.45) is 2.04. The molecule has 0 atom stereocenters. The number of nitrogens with one attached hydrogen (secondary N) is 2. The molecule has 1 amide bonds. The van der Waals surface area contributed by atoms with Crippen LogP contribution in [-0.4, -0.2) is 24.4 Å². The van der Waals surface area contributed by atoms with Crippen LogP contribution >= 0.6 is 24.0 Å². The number of ether oxygens (including phenoxy) is 1. The summed E-state index contributed by atoms with van der Waals surface area (Å²) in [7, 11) is 1.58. The second-order valence-corrected chi connectivity index (χ2v) is 6.00. The Kier molecular flexibility index (Phi) is 6.43. The number of hydrogen-bond donors (Lipinski definition) is 2. The smallest absolute Gasteiger partial charge is 0.257 e. The van der Waals surface area contributed by atoms with Crippen LogP contribution in [0.1, 0.15) is 15.9 Å². The summed E-state index contributed by atoms with van der Waals surface area (Å²) >= 11 is 6.85. The molecule has 0 saturated carbocycles. The molecule has 0 bridgehead atoms. The Morgan fingerprint density at radius 1 is 1.13 bits per heavy atom. The summed E-state index contributed by atoms with van der Waals surface area (Å²) in [5, 5.41) is 6.00. The summed E-state index contributed by atoms with van der Waals surface area (Å²) in [4.78, 5) is 13.3. The van der Waals surface area contributed by atoms with E-state index < -0.39 is 0 Å². The highest BCUT2D eigenvalue weighted by molar-refractivity contribution is 7.98. The lowest BCUT2D eigenvalue weighted by Crippen LogP contribution is -2.38. The first-order valence-corrected chi connectivity index (χ1v) is 8.62. The van der Waals surface area contributed by atoms with E-state index in [1.165, 1.54) is 4.90 Å². The van der Waals surface area contributed by atoms with Crippen LogP contribution in [0.15, 0.2) is 53.4 Å². The van der Waals surface area contributed by atoms with E-state index in [0.717, 1.165) is 5.56 Å². The molecule has 0 aliphatic carbocycles. The quantitative estimate of drug-likeness (QED) is 0.643. The first-order chi connectivity index (χ1) is 11.1. The Hall–Kier alpha value is -2.05. The molecule has 0 aliphatic heterocycles. The fourth-order valence-electron chi connectivity index (χ4n) is 1.89. The molecule has 120 valence electrons. The van der Waals surface area contributed by atoms with Crippen molar-refractivity contribution in [2.75, 3.05) is 13.4 Å². The van der Waals surface area contributed by atoms with E-state index in [1.807, 2.05) is 18.4 Å². The van der Waals surface area contributed by atoms with Crippen LogP contribution in [0.2, 0.25) is 0 Å². The van der Waals surface area contributed by atoms with Gasteiger partial charge in [0.1, 0.15) is 5.75 Å². The maximum atomic E-state index is 12.1. The van der Waals surface area contributed by atoms with Gasteiger partial charge in [0.2, 0.25) is 0 Å². The molecule has 0 spiro atoms. The van der Waals surface area contributed by atoms with Crippen molar-refractivity contribution < 1.29 is 9.53 Å². The van der Waals surface area contributed by atoms with Gasteiger partial charge in [-0.25, -0.2) is 0 Å². The van der Waals surface area contributed by atoms with E-state index in [4.69, 9.17) is 17.0 Å². The third-order valence-corrected chi connectivity index (χ3v) is 4.18. The predicted octanol–water partition coefficient (Wildman–Crippen LogP) is 3.22. The first-order valence-electron chi connectivity index (χ1n) is 6.98. The summed E-state index contributed by atoms with van der Waals surface area (Å²) in [5.41, 5.74) is 1.63. The van der Waals surface area contributed by atoms with E-state index >= 15 is 0 Å². The number of thioether (sulfide) groups is 1. The van der Waals surface area contributed by atoms with Gasteiger partial charge in [-0.15, -0.1) is 11.8 Å². The van der Waals surface area contributed by atoms with Crippen LogP contribution in [0.3, 0.4) is 0 Å². The largest absolute Gasteiger partial charge is 0.497 e. The average Bonchev–Trinajstić information content (AvgIpc) is 2.60. The molecule has 0 unspecified atom stereocenters. The molecular weight excluding hydrogens is 328 g/mol. The van der Waals surface area contributed by atoms with Gasteiger partial charge < -0.3 is 10.1 Å². The molecule has 23 heavy (non-hydrogen) atoms. The van der Waals surface area contributed by atoms with E-state index in [2.05, 4.69) is 22.8 Å². The molecule has 4 nitrogen and oxygen atoms in total. The van der Waals surface area contributed by atoms with E-state index in [9.17, 15) is 4.79 Å². The summed E-state index contributed by atoms with van der Waals surface area (Å²) in [6, 6.07) is 15.0. The lowest BCUT2D eigenvalue weighted by atomic mass is 10.2. The number of benzene rings is 2. The molecule has 0 heterocycles. The number of carbonyl (C=O) groups excluding carboxylic acids is 1. The lowest BCUT2D eigenvalue weighted by Gasteiger charge is -2.10. The minimum Gasteiger partial charge on any atom is -0.497 e. The van der Waals surface area contributed by atoms with Gasteiger partial charge >= 0.3 is 0 Å². The highest BCUT2D eigenvalue weighted by Gasteiger charge is 2.07. The Labute approximate surface area is 145 Å². The summed E-state index contributed by atoms with van der Waals surface area (Å²) in [5.74, 6) is 0.457.